The number of halogens is 4. The van der Waals surface area contributed by atoms with Crippen LogP contribution in [0.4, 0.5) is 24.7 Å². The van der Waals surface area contributed by atoms with E-state index in [-0.39, 0.29) is 16.0 Å². The molecule has 1 heterocycles. The van der Waals surface area contributed by atoms with E-state index in [0.717, 1.165) is 6.20 Å². The summed E-state index contributed by atoms with van der Waals surface area (Å²) in [6.45, 7) is 1.35. The van der Waals surface area contributed by atoms with E-state index >= 15 is 0 Å². The Hall–Kier alpha value is -1.38. The van der Waals surface area contributed by atoms with Gasteiger partial charge in [-0.2, -0.15) is 13.2 Å². The zero-order valence-corrected chi connectivity index (χ0v) is 10.7. The minimum absolute atomic E-state index is 0.136. The Morgan fingerprint density at radius 1 is 1.61 bits per heavy atom. The fourth-order valence-corrected chi connectivity index (χ4v) is 1.72. The third-order valence-corrected chi connectivity index (χ3v) is 2.56. The normalized spacial score (nSPS) is 13.2. The average molecular weight is 328 g/mol. The van der Waals surface area contributed by atoms with Crippen molar-refractivity contribution in [2.75, 3.05) is 5.32 Å². The number of aromatic nitrogens is 1. The molecule has 0 aliphatic carbocycles. The molecule has 0 saturated carbocycles. The van der Waals surface area contributed by atoms with Gasteiger partial charge in [0.2, 0.25) is 0 Å². The number of anilines is 1. The van der Waals surface area contributed by atoms with Gasteiger partial charge in [-0.1, -0.05) is 0 Å². The summed E-state index contributed by atoms with van der Waals surface area (Å²) in [6, 6.07) is 0.297. The number of alkyl halides is 3. The maximum Gasteiger partial charge on any atom is 0.391 e. The molecule has 0 aliphatic heterocycles. The highest BCUT2D eigenvalue weighted by Gasteiger charge is 2.30. The van der Waals surface area contributed by atoms with Gasteiger partial charge in [0.05, 0.1) is 15.8 Å². The van der Waals surface area contributed by atoms with Gasteiger partial charge in [-0.15, -0.1) is 0 Å². The number of nitrogens with one attached hydrogen (secondary N) is 1. The zero-order valence-electron chi connectivity index (χ0n) is 9.16. The second-order valence-corrected chi connectivity index (χ2v) is 4.50. The molecule has 0 aliphatic rings. The van der Waals surface area contributed by atoms with Crippen molar-refractivity contribution in [1.29, 1.82) is 0 Å². The highest BCUT2D eigenvalue weighted by Crippen LogP contribution is 2.27. The first-order chi connectivity index (χ1) is 8.19. The molecule has 0 aromatic carbocycles. The van der Waals surface area contributed by atoms with Crippen molar-refractivity contribution >= 4 is 27.4 Å². The van der Waals surface area contributed by atoms with Crippen molar-refractivity contribution in [3.63, 3.8) is 0 Å². The summed E-state index contributed by atoms with van der Waals surface area (Å²) in [5.41, 5.74) is -0.240. The van der Waals surface area contributed by atoms with Crippen LogP contribution in [0.5, 0.6) is 0 Å². The van der Waals surface area contributed by atoms with E-state index in [0.29, 0.717) is 0 Å². The van der Waals surface area contributed by atoms with E-state index in [2.05, 4.69) is 26.2 Å². The number of nitrogens with zero attached hydrogens (tertiary/aromatic N) is 2. The van der Waals surface area contributed by atoms with Crippen molar-refractivity contribution in [2.24, 2.45) is 0 Å². The van der Waals surface area contributed by atoms with Crippen LogP contribution in [0, 0.1) is 10.1 Å². The van der Waals surface area contributed by atoms with Crippen molar-refractivity contribution in [2.45, 2.75) is 25.6 Å². The van der Waals surface area contributed by atoms with Gasteiger partial charge in [0.15, 0.2) is 0 Å². The molecule has 100 valence electrons. The smallest absolute Gasteiger partial charge is 0.366 e. The van der Waals surface area contributed by atoms with Crippen molar-refractivity contribution in [1.82, 2.24) is 4.98 Å². The molecule has 1 rings (SSSR count). The zero-order chi connectivity index (χ0) is 13.9. The summed E-state index contributed by atoms with van der Waals surface area (Å²) < 4.78 is 36.6. The van der Waals surface area contributed by atoms with Gasteiger partial charge in [-0.25, -0.2) is 4.98 Å². The van der Waals surface area contributed by atoms with Gasteiger partial charge >= 0.3 is 6.18 Å². The molecule has 0 bridgehead atoms. The molecular formula is C9H9BrF3N3O2. The van der Waals surface area contributed by atoms with E-state index in [4.69, 9.17) is 0 Å². The molecule has 1 N–H and O–H groups in total. The third kappa shape index (κ3) is 4.47. The quantitative estimate of drug-likeness (QED) is 0.678. The minimum atomic E-state index is -4.28. The Morgan fingerprint density at radius 2 is 2.22 bits per heavy atom. The molecule has 0 saturated heterocycles. The first kappa shape index (κ1) is 14.7. The molecule has 9 heteroatoms. The fourth-order valence-electron chi connectivity index (χ4n) is 1.27. The van der Waals surface area contributed by atoms with Gasteiger partial charge in [0.25, 0.3) is 5.69 Å². The lowest BCUT2D eigenvalue weighted by atomic mass is 10.2. The van der Waals surface area contributed by atoms with E-state index in [1.807, 2.05) is 0 Å². The van der Waals surface area contributed by atoms with Gasteiger partial charge in [-0.3, -0.25) is 10.1 Å². The summed E-state index contributed by atoms with van der Waals surface area (Å²) in [6.07, 6.45) is -4.31. The van der Waals surface area contributed by atoms with E-state index in [1.165, 1.54) is 13.0 Å². The van der Waals surface area contributed by atoms with Crippen LogP contribution >= 0.6 is 15.9 Å². The van der Waals surface area contributed by atoms with Crippen LogP contribution in [0.2, 0.25) is 0 Å². The van der Waals surface area contributed by atoms with Crippen LogP contribution in [0.3, 0.4) is 0 Å². The summed E-state index contributed by atoms with van der Waals surface area (Å²) >= 11 is 3.01. The molecule has 1 unspecified atom stereocenters. The number of rotatable bonds is 4. The van der Waals surface area contributed by atoms with Crippen LogP contribution in [-0.2, 0) is 0 Å². The molecule has 0 spiro atoms. The van der Waals surface area contributed by atoms with Gasteiger partial charge in [0.1, 0.15) is 12.0 Å². The van der Waals surface area contributed by atoms with Crippen LogP contribution < -0.4 is 5.32 Å². The Kier molecular flexibility index (Phi) is 4.49. The predicted octanol–water partition coefficient (Wildman–Crippen LogP) is 3.51. The summed E-state index contributed by atoms with van der Waals surface area (Å²) in [5.74, 6) is 0.136. The second kappa shape index (κ2) is 5.51. The fraction of sp³-hybridized carbons (Fsp3) is 0.444. The Balaban J connectivity index is 2.77. The molecule has 1 atom stereocenters. The molecule has 1 aromatic rings. The Bertz CT molecular complexity index is 453. The first-order valence-electron chi connectivity index (χ1n) is 4.82. The number of hydrogen-bond donors (Lipinski definition) is 1. The average Bonchev–Trinajstić information content (AvgIpc) is 2.17. The second-order valence-electron chi connectivity index (χ2n) is 3.65. The standard InChI is InChI=1S/C9H9BrF3N3O2/c1-5(3-9(11,12)13)15-8-7(10)2-6(4-14-8)16(17)18/h2,4-5H,3H2,1H3,(H,14,15). The molecule has 1 aromatic heterocycles. The number of pyridine rings is 1. The Morgan fingerprint density at radius 3 is 2.67 bits per heavy atom. The molecule has 0 amide bonds. The maximum atomic E-state index is 12.1. The van der Waals surface area contributed by atoms with Gasteiger partial charge in [-0.05, 0) is 22.9 Å². The highest BCUT2D eigenvalue weighted by molar-refractivity contribution is 9.10. The highest BCUT2D eigenvalue weighted by atomic mass is 79.9. The summed E-state index contributed by atoms with van der Waals surface area (Å²) in [5, 5.41) is 13.0. The van der Waals surface area contributed by atoms with E-state index in [9.17, 15) is 23.3 Å². The topological polar surface area (TPSA) is 68.1 Å². The molecular weight excluding hydrogens is 319 g/mol. The summed E-state index contributed by atoms with van der Waals surface area (Å²) in [4.78, 5) is 13.5. The van der Waals surface area contributed by atoms with Gasteiger partial charge in [0, 0.05) is 12.1 Å². The van der Waals surface area contributed by atoms with E-state index in [1.54, 1.807) is 0 Å². The van der Waals surface area contributed by atoms with Crippen LogP contribution in [0.25, 0.3) is 0 Å². The first-order valence-corrected chi connectivity index (χ1v) is 5.61. The predicted molar refractivity (Wildman–Crippen MR) is 62.3 cm³/mol. The number of nitro groups is 1. The van der Waals surface area contributed by atoms with Crippen LogP contribution in [0.1, 0.15) is 13.3 Å². The van der Waals surface area contributed by atoms with Crippen molar-refractivity contribution in [3.8, 4) is 0 Å². The van der Waals surface area contributed by atoms with Crippen LogP contribution in [-0.4, -0.2) is 22.1 Å². The van der Waals surface area contributed by atoms with Crippen molar-refractivity contribution < 1.29 is 18.1 Å². The monoisotopic (exact) mass is 327 g/mol. The van der Waals surface area contributed by atoms with Gasteiger partial charge < -0.3 is 5.32 Å². The number of hydrogen-bond acceptors (Lipinski definition) is 4. The summed E-state index contributed by atoms with van der Waals surface area (Å²) in [7, 11) is 0. The Labute approximate surface area is 109 Å². The molecule has 18 heavy (non-hydrogen) atoms. The molecule has 0 fully saturated rings. The van der Waals surface area contributed by atoms with Crippen molar-refractivity contribution in [3.05, 3.63) is 26.9 Å². The lowest BCUT2D eigenvalue weighted by Gasteiger charge is -2.16. The maximum absolute atomic E-state index is 12.1. The third-order valence-electron chi connectivity index (χ3n) is 1.96. The van der Waals surface area contributed by atoms with E-state index < -0.39 is 23.6 Å². The minimum Gasteiger partial charge on any atom is -0.366 e. The largest absolute Gasteiger partial charge is 0.391 e. The lowest BCUT2D eigenvalue weighted by molar-refractivity contribution is -0.385. The van der Waals surface area contributed by atoms with Crippen LogP contribution in [0.15, 0.2) is 16.7 Å². The molecule has 0 radical (unpaired) electrons. The molecule has 5 nitrogen and oxygen atoms in total. The lowest BCUT2D eigenvalue weighted by Crippen LogP contribution is -2.24. The SMILES string of the molecule is CC(CC(F)(F)F)Nc1ncc([N+](=O)[O-])cc1Br.